The molecule has 0 radical (unpaired) electrons. The molecular weight excluding hydrogens is 762 g/mol. The number of aryl methyl sites for hydroxylation is 1. The van der Waals surface area contributed by atoms with E-state index in [4.69, 9.17) is 47.6 Å². The molecule has 0 aromatic heterocycles. The van der Waals surface area contributed by atoms with Crippen LogP contribution in [0.3, 0.4) is 0 Å². The van der Waals surface area contributed by atoms with E-state index in [-0.39, 0.29) is 29.5 Å². The highest BCUT2D eigenvalue weighted by molar-refractivity contribution is 7.86. The summed E-state index contributed by atoms with van der Waals surface area (Å²) in [5, 5.41) is 24.4. The normalized spacial score (nSPS) is 10.9. The topological polar surface area (TPSA) is 252 Å². The zero-order valence-electron chi connectivity index (χ0n) is 31.0. The average Bonchev–Trinajstić information content (AvgIpc) is 3.19. The van der Waals surface area contributed by atoms with Gasteiger partial charge < -0.3 is 37.9 Å². The van der Waals surface area contributed by atoms with Gasteiger partial charge in [-0.2, -0.15) is 8.42 Å². The number of rotatable bonds is 30. The Bertz CT molecular complexity index is 1680. The Labute approximate surface area is 324 Å². The Morgan fingerprint density at radius 1 is 0.554 bits per heavy atom. The minimum Gasteiger partial charge on any atom is -0.491 e. The van der Waals surface area contributed by atoms with E-state index in [0.717, 1.165) is 5.56 Å². The van der Waals surface area contributed by atoms with Crippen molar-refractivity contribution < 1.29 is 60.3 Å². The van der Waals surface area contributed by atoms with Gasteiger partial charge in [0.1, 0.15) is 24.7 Å². The molecule has 20 nitrogen and oxygen atoms in total. The molecule has 0 spiro atoms. The fourth-order valence-electron chi connectivity index (χ4n) is 3.97. The average molecular weight is 810 g/mol. The number of nitro groups is 2. The molecule has 0 heterocycles. The first kappa shape index (κ1) is 47.2. The van der Waals surface area contributed by atoms with Gasteiger partial charge in [0.25, 0.3) is 21.5 Å². The first-order valence-electron chi connectivity index (χ1n) is 17.3. The second kappa shape index (κ2) is 29.3. The maximum absolute atomic E-state index is 12.0. The van der Waals surface area contributed by atoms with Gasteiger partial charge in [-0.15, -0.1) is 0 Å². The molecule has 0 amide bonds. The maximum Gasteiger partial charge on any atom is 0.297 e. The molecule has 3 aromatic carbocycles. The fourth-order valence-corrected chi connectivity index (χ4v) is 4.87. The molecule has 0 aliphatic carbocycles. The summed E-state index contributed by atoms with van der Waals surface area (Å²) in [7, 11) is -3.78. The highest BCUT2D eigenvalue weighted by Gasteiger charge is 2.14. The predicted molar refractivity (Wildman–Crippen MR) is 200 cm³/mol. The third-order valence-corrected chi connectivity index (χ3v) is 8.08. The van der Waals surface area contributed by atoms with E-state index in [1.54, 1.807) is 24.3 Å². The lowest BCUT2D eigenvalue weighted by Gasteiger charge is -2.09. The summed E-state index contributed by atoms with van der Waals surface area (Å²) in [6, 6.07) is 18.1. The van der Waals surface area contributed by atoms with E-state index in [9.17, 15) is 28.6 Å². The zero-order chi connectivity index (χ0) is 40.7. The summed E-state index contributed by atoms with van der Waals surface area (Å²) in [5.74, 6) is 1.08. The summed E-state index contributed by atoms with van der Waals surface area (Å²) >= 11 is 0. The van der Waals surface area contributed by atoms with Gasteiger partial charge >= 0.3 is 0 Å². The minimum atomic E-state index is -3.78. The Morgan fingerprint density at radius 2 is 0.911 bits per heavy atom. The zero-order valence-corrected chi connectivity index (χ0v) is 31.8. The smallest absolute Gasteiger partial charge is 0.297 e. The van der Waals surface area contributed by atoms with Gasteiger partial charge in [-0.3, -0.25) is 24.4 Å². The van der Waals surface area contributed by atoms with Crippen LogP contribution in [-0.4, -0.2) is 124 Å². The van der Waals surface area contributed by atoms with Crippen LogP contribution >= 0.6 is 0 Å². The lowest BCUT2D eigenvalue weighted by atomic mass is 10.2. The highest BCUT2D eigenvalue weighted by Crippen LogP contribution is 2.18. The summed E-state index contributed by atoms with van der Waals surface area (Å²) in [6.07, 6.45) is 0. The Morgan fingerprint density at radius 3 is 1.29 bits per heavy atom. The van der Waals surface area contributed by atoms with Gasteiger partial charge in [-0.05, 0) is 48.9 Å². The molecule has 3 aromatic rings. The minimum absolute atomic E-state index is 0.00883. The summed E-state index contributed by atoms with van der Waals surface area (Å²) < 4.78 is 71.5. The largest absolute Gasteiger partial charge is 0.491 e. The van der Waals surface area contributed by atoms with Crippen molar-refractivity contribution in [2.75, 3.05) is 106 Å². The standard InChI is InChI=1S/C21H27NO9S.C14H20N4O6/c1-18-2-8-21(9-3-18)32(25,26)31-17-15-29-13-11-27-10-12-28-14-16-30-20-6-4-19(5-7-20)22(23)24;15-17-16-5-6-21-7-8-22-9-10-23-11-12-24-14-3-1-13(2-4-14)18(19)20/h2-9H,10-17H2,1H3;1-4H,5-12H2. The van der Waals surface area contributed by atoms with Gasteiger partial charge in [0, 0.05) is 35.7 Å². The molecule has 0 unspecified atom stereocenters. The van der Waals surface area contributed by atoms with Crippen molar-refractivity contribution in [2.24, 2.45) is 5.11 Å². The molecular formula is C35H47N5O15S. The number of benzene rings is 3. The van der Waals surface area contributed by atoms with Crippen LogP contribution in [0, 0.1) is 27.2 Å². The lowest BCUT2D eigenvalue weighted by molar-refractivity contribution is -0.385. The van der Waals surface area contributed by atoms with Crippen LogP contribution in [0.5, 0.6) is 11.5 Å². The second-order valence-electron chi connectivity index (χ2n) is 10.9. The predicted octanol–water partition coefficient (Wildman–Crippen LogP) is 5.07. The Kier molecular flexibility index (Phi) is 24.7. The molecule has 0 saturated heterocycles. The van der Waals surface area contributed by atoms with Crippen LogP contribution in [0.4, 0.5) is 11.4 Å². The van der Waals surface area contributed by atoms with Crippen LogP contribution in [-0.2, 0) is 42.7 Å². The lowest BCUT2D eigenvalue weighted by Crippen LogP contribution is -2.15. The molecule has 0 bridgehead atoms. The van der Waals surface area contributed by atoms with E-state index in [2.05, 4.69) is 10.0 Å². The Hall–Kier alpha value is -4.96. The van der Waals surface area contributed by atoms with E-state index in [0.29, 0.717) is 104 Å². The SMILES string of the molecule is Cc1ccc(S(=O)(=O)OCCOCCOCCOCCOc2ccc([N+](=O)[O-])cc2)cc1.[N-]=[N+]=NCCOCCOCCOCCOc1ccc([N+](=O)[O-])cc1. The maximum atomic E-state index is 12.0. The molecule has 0 aliphatic heterocycles. The number of azide groups is 1. The first-order chi connectivity index (χ1) is 27.1. The van der Waals surface area contributed by atoms with Crippen molar-refractivity contribution in [1.82, 2.24) is 0 Å². The number of nitrogens with zero attached hydrogens (tertiary/aromatic N) is 5. The van der Waals surface area contributed by atoms with Gasteiger partial charge in [-0.25, -0.2) is 0 Å². The molecule has 0 atom stereocenters. The molecule has 21 heteroatoms. The van der Waals surface area contributed by atoms with Crippen LogP contribution in [0.25, 0.3) is 10.4 Å². The van der Waals surface area contributed by atoms with Gasteiger partial charge in [0.2, 0.25) is 0 Å². The molecule has 0 fully saturated rings. The summed E-state index contributed by atoms with van der Waals surface area (Å²) in [4.78, 5) is 22.9. The van der Waals surface area contributed by atoms with Gasteiger partial charge in [-0.1, -0.05) is 22.8 Å². The highest BCUT2D eigenvalue weighted by atomic mass is 32.2. The molecule has 3 rings (SSSR count). The number of hydrogen-bond donors (Lipinski definition) is 0. The van der Waals surface area contributed by atoms with Crippen molar-refractivity contribution in [1.29, 1.82) is 0 Å². The molecule has 0 saturated carbocycles. The molecule has 308 valence electrons. The van der Waals surface area contributed by atoms with Crippen LogP contribution in [0.2, 0.25) is 0 Å². The number of non-ortho nitro benzene ring substituents is 2. The molecule has 0 N–H and O–H groups in total. The van der Waals surface area contributed by atoms with E-state index in [1.807, 2.05) is 6.92 Å². The van der Waals surface area contributed by atoms with Crippen molar-refractivity contribution >= 4 is 21.5 Å². The number of ether oxygens (including phenoxy) is 8. The van der Waals surface area contributed by atoms with E-state index >= 15 is 0 Å². The monoisotopic (exact) mass is 809 g/mol. The summed E-state index contributed by atoms with van der Waals surface area (Å²) in [5.41, 5.74) is 9.05. The molecule has 56 heavy (non-hydrogen) atoms. The van der Waals surface area contributed by atoms with Crippen molar-refractivity contribution in [3.8, 4) is 11.5 Å². The van der Waals surface area contributed by atoms with E-state index in [1.165, 1.54) is 48.5 Å². The van der Waals surface area contributed by atoms with Crippen molar-refractivity contribution in [3.05, 3.63) is 109 Å². The van der Waals surface area contributed by atoms with Gasteiger partial charge in [0.15, 0.2) is 0 Å². The quantitative estimate of drug-likeness (QED) is 0.0162. The third-order valence-electron chi connectivity index (χ3n) is 6.75. The van der Waals surface area contributed by atoms with Crippen LogP contribution in [0.15, 0.2) is 82.8 Å². The number of hydrogen-bond acceptors (Lipinski definition) is 16. The van der Waals surface area contributed by atoms with Crippen molar-refractivity contribution in [3.63, 3.8) is 0 Å². The van der Waals surface area contributed by atoms with E-state index < -0.39 is 20.0 Å². The Balaban J connectivity index is 0.000000404. The first-order valence-corrected chi connectivity index (χ1v) is 18.7. The second-order valence-corrected chi connectivity index (χ2v) is 12.5. The molecule has 0 aliphatic rings. The van der Waals surface area contributed by atoms with Crippen molar-refractivity contribution in [2.45, 2.75) is 11.8 Å². The number of nitro benzene ring substituents is 2. The fraction of sp³-hybridized carbons (Fsp3) is 0.486. The van der Waals surface area contributed by atoms with Gasteiger partial charge in [0.05, 0.1) is 101 Å². The van der Waals surface area contributed by atoms with Crippen LogP contribution in [0.1, 0.15) is 5.56 Å². The summed E-state index contributed by atoms with van der Waals surface area (Å²) in [6.45, 7) is 7.17. The third kappa shape index (κ3) is 22.4. The van der Waals surface area contributed by atoms with Crippen LogP contribution < -0.4 is 9.47 Å².